The Morgan fingerprint density at radius 1 is 0.737 bits per heavy atom. The highest BCUT2D eigenvalue weighted by molar-refractivity contribution is 5.80. The molecule has 4 atom stereocenters. The molecule has 0 radical (unpaired) electrons. The van der Waals surface area contributed by atoms with Gasteiger partial charge in [0.25, 0.3) is 0 Å². The summed E-state index contributed by atoms with van der Waals surface area (Å²) >= 11 is 0. The third-order valence-corrected chi connectivity index (χ3v) is 13.6. The molecule has 5 aliphatic rings. The highest BCUT2D eigenvalue weighted by Crippen LogP contribution is 2.38. The average Bonchev–Trinajstić information content (AvgIpc) is 3.87. The van der Waals surface area contributed by atoms with Crippen molar-refractivity contribution in [3.05, 3.63) is 70.8 Å². The van der Waals surface area contributed by atoms with Gasteiger partial charge in [0.2, 0.25) is 0 Å². The molecule has 2 aromatic rings. The molecule has 4 fully saturated rings. The van der Waals surface area contributed by atoms with E-state index >= 15 is 0 Å². The Morgan fingerprint density at radius 2 is 1.39 bits per heavy atom. The van der Waals surface area contributed by atoms with Gasteiger partial charge in [0, 0.05) is 44.3 Å². The normalized spacial score (nSPS) is 25.2. The molecule has 3 heterocycles. The van der Waals surface area contributed by atoms with Crippen molar-refractivity contribution in [2.75, 3.05) is 39.3 Å². The molecule has 0 bridgehead atoms. The Kier molecular flexibility index (Phi) is 13.3. The maximum atomic E-state index is 13.8. The minimum Gasteiger partial charge on any atom is -0.370 e. The van der Waals surface area contributed by atoms with Gasteiger partial charge in [-0.1, -0.05) is 94.5 Å². The third-order valence-electron chi connectivity index (χ3n) is 13.6. The van der Waals surface area contributed by atoms with E-state index in [0.29, 0.717) is 42.9 Å². The van der Waals surface area contributed by atoms with E-state index in [1.807, 2.05) is 11.0 Å². The van der Waals surface area contributed by atoms with E-state index < -0.39 is 23.5 Å². The number of rotatable bonds is 14. The van der Waals surface area contributed by atoms with Gasteiger partial charge in [-0.2, -0.15) is 26.3 Å². The van der Waals surface area contributed by atoms with Crippen molar-refractivity contribution >= 4 is 11.9 Å². The summed E-state index contributed by atoms with van der Waals surface area (Å²) in [4.78, 5) is 13.9. The van der Waals surface area contributed by atoms with E-state index in [2.05, 4.69) is 44.0 Å². The largest absolute Gasteiger partial charge is 0.416 e. The smallest absolute Gasteiger partial charge is 0.370 e. The van der Waals surface area contributed by atoms with Crippen LogP contribution in [0.3, 0.4) is 0 Å². The van der Waals surface area contributed by atoms with Crippen molar-refractivity contribution in [1.29, 1.82) is 5.41 Å². The monoisotopic (exact) mass is 801 g/mol. The Balaban J connectivity index is 1.11. The van der Waals surface area contributed by atoms with Crippen LogP contribution in [0.25, 0.3) is 0 Å². The predicted molar refractivity (Wildman–Crippen MR) is 213 cm³/mol. The molecule has 314 valence electrons. The van der Waals surface area contributed by atoms with Crippen molar-refractivity contribution in [2.45, 2.75) is 139 Å². The van der Waals surface area contributed by atoms with Crippen LogP contribution in [-0.2, 0) is 25.2 Å². The lowest BCUT2D eigenvalue weighted by Crippen LogP contribution is -2.52. The van der Waals surface area contributed by atoms with Gasteiger partial charge in [-0.05, 0) is 86.2 Å². The Morgan fingerprint density at radius 3 is 2.04 bits per heavy atom. The third kappa shape index (κ3) is 10.6. The van der Waals surface area contributed by atoms with Crippen molar-refractivity contribution in [3.8, 4) is 0 Å². The highest BCUT2D eigenvalue weighted by atomic mass is 19.4. The first-order valence-corrected chi connectivity index (χ1v) is 21.6. The summed E-state index contributed by atoms with van der Waals surface area (Å²) in [6.07, 6.45) is 6.90. The molecule has 0 amide bonds. The zero-order valence-electron chi connectivity index (χ0n) is 33.2. The van der Waals surface area contributed by atoms with Gasteiger partial charge < -0.3 is 20.4 Å². The van der Waals surface area contributed by atoms with Crippen LogP contribution in [0.4, 0.5) is 26.3 Å². The fourth-order valence-electron chi connectivity index (χ4n) is 10.6. The maximum Gasteiger partial charge on any atom is 0.416 e. The first kappa shape index (κ1) is 41.7. The van der Waals surface area contributed by atoms with Crippen LogP contribution in [0.2, 0.25) is 0 Å². The number of alkyl halides is 6. The van der Waals surface area contributed by atoms with Gasteiger partial charge >= 0.3 is 12.4 Å². The molecule has 2 saturated heterocycles. The van der Waals surface area contributed by atoms with E-state index in [4.69, 9.17) is 5.73 Å². The number of halogens is 6. The van der Waals surface area contributed by atoms with E-state index in [0.717, 1.165) is 76.7 Å². The van der Waals surface area contributed by atoms with Gasteiger partial charge in [-0.25, -0.2) is 0 Å². The summed E-state index contributed by atoms with van der Waals surface area (Å²) in [5.74, 6) is 2.04. The minimum atomic E-state index is -4.90. The second-order valence-corrected chi connectivity index (χ2v) is 17.6. The lowest BCUT2D eigenvalue weighted by molar-refractivity contribution is -0.143. The lowest BCUT2D eigenvalue weighted by atomic mass is 9.84. The van der Waals surface area contributed by atoms with Crippen molar-refractivity contribution < 1.29 is 26.3 Å². The van der Waals surface area contributed by atoms with Crippen LogP contribution in [0.5, 0.6) is 0 Å². The SMILES string of the molecule is N=C1N(CCc2cc(C(F)(F)F)cc(C(F)(F)F)c2)[C@H](CC2CCCCC2)CN1[C@@H](CC1CCCCC1)CN1CCCC1CN1C(N)=NC[C@@H]1Cc1ccccc1. The topological polar surface area (TPSA) is 75.2 Å². The van der Waals surface area contributed by atoms with Gasteiger partial charge in [-0.3, -0.25) is 15.3 Å². The van der Waals surface area contributed by atoms with Crippen molar-refractivity contribution in [1.82, 2.24) is 19.6 Å². The summed E-state index contributed by atoms with van der Waals surface area (Å²) < 4.78 is 82.8. The summed E-state index contributed by atoms with van der Waals surface area (Å²) in [7, 11) is 0. The molecule has 2 saturated carbocycles. The lowest BCUT2D eigenvalue weighted by Gasteiger charge is -2.39. The standard InChI is InChI=1S/C44H61F6N7/c45-43(46,47)35-21-34(22-36(26-35)44(48,49)50)18-20-55-40(25-33-15-8-3-9-16-33)30-57(42(55)52)39(24-32-13-6-2-7-14-32)28-54-19-10-17-37(54)29-56-38(27-53-41(56)51)23-31-11-4-1-5-12-31/h1,4-5,11-12,21-22,26,32-33,37-40,52H,2-3,6-10,13-20,23-25,27-30H2,(H2,51,53)/t37?,38-,39-,40+/m0/s1. The molecule has 2 aromatic carbocycles. The van der Waals surface area contributed by atoms with Crippen LogP contribution < -0.4 is 5.73 Å². The number of nitrogens with zero attached hydrogens (tertiary/aromatic N) is 5. The quantitative estimate of drug-likeness (QED) is 0.187. The van der Waals surface area contributed by atoms with Gasteiger partial charge in [-0.15, -0.1) is 0 Å². The number of nitrogens with one attached hydrogen (secondary N) is 1. The number of likely N-dealkylation sites (tertiary alicyclic amines) is 1. The van der Waals surface area contributed by atoms with Crippen LogP contribution in [0, 0.1) is 17.2 Å². The van der Waals surface area contributed by atoms with Crippen LogP contribution in [0.1, 0.15) is 112 Å². The van der Waals surface area contributed by atoms with Crippen LogP contribution >= 0.6 is 0 Å². The van der Waals surface area contributed by atoms with E-state index in [1.54, 1.807) is 0 Å². The first-order valence-electron chi connectivity index (χ1n) is 21.6. The summed E-state index contributed by atoms with van der Waals surface area (Å²) in [6, 6.07) is 12.9. The molecule has 3 aliphatic heterocycles. The molecule has 1 unspecified atom stereocenters. The zero-order chi connectivity index (χ0) is 40.2. The minimum absolute atomic E-state index is 0.00512. The number of hydrogen-bond donors (Lipinski definition) is 2. The maximum absolute atomic E-state index is 13.8. The average molecular weight is 802 g/mol. The Hall–Kier alpha value is -3.48. The fraction of sp³-hybridized carbons (Fsp3) is 0.682. The number of nitrogens with two attached hydrogens (primary N) is 1. The zero-order valence-corrected chi connectivity index (χ0v) is 33.2. The Labute approximate surface area is 334 Å². The highest BCUT2D eigenvalue weighted by Gasteiger charge is 2.43. The molecule has 2 aliphatic carbocycles. The molecule has 0 spiro atoms. The van der Waals surface area contributed by atoms with Gasteiger partial charge in [0.05, 0.1) is 23.7 Å². The molecule has 0 aromatic heterocycles. The van der Waals surface area contributed by atoms with E-state index in [-0.39, 0.29) is 42.7 Å². The number of guanidine groups is 2. The molecular formula is C44H61F6N7. The Bertz CT molecular complexity index is 1620. The number of hydrogen-bond acceptors (Lipinski definition) is 5. The molecule has 7 nitrogen and oxygen atoms in total. The van der Waals surface area contributed by atoms with Crippen molar-refractivity contribution in [3.63, 3.8) is 0 Å². The predicted octanol–water partition coefficient (Wildman–Crippen LogP) is 9.20. The first-order chi connectivity index (χ1) is 27.3. The van der Waals surface area contributed by atoms with Gasteiger partial charge in [0.15, 0.2) is 11.9 Å². The number of benzene rings is 2. The molecule has 57 heavy (non-hydrogen) atoms. The molecular weight excluding hydrogens is 741 g/mol. The van der Waals surface area contributed by atoms with Crippen LogP contribution in [-0.4, -0.2) is 95.0 Å². The molecule has 3 N–H and O–H groups in total. The van der Waals surface area contributed by atoms with Gasteiger partial charge in [0.1, 0.15) is 0 Å². The second-order valence-electron chi connectivity index (χ2n) is 17.6. The molecule has 7 rings (SSSR count). The summed E-state index contributed by atoms with van der Waals surface area (Å²) in [5, 5.41) is 9.71. The van der Waals surface area contributed by atoms with E-state index in [9.17, 15) is 31.8 Å². The summed E-state index contributed by atoms with van der Waals surface area (Å²) in [6.45, 7) is 4.11. The number of aliphatic imine (C=N–C) groups is 1. The second kappa shape index (κ2) is 18.2. The fourth-order valence-corrected chi connectivity index (χ4v) is 10.6. The summed E-state index contributed by atoms with van der Waals surface area (Å²) in [5.41, 5.74) is 5.22. The van der Waals surface area contributed by atoms with Crippen molar-refractivity contribution in [2.24, 2.45) is 22.6 Å². The molecule has 13 heteroatoms. The van der Waals surface area contributed by atoms with E-state index in [1.165, 1.54) is 56.9 Å². The van der Waals surface area contributed by atoms with Crippen LogP contribution in [0.15, 0.2) is 53.5 Å².